The summed E-state index contributed by atoms with van der Waals surface area (Å²) in [4.78, 5) is 20.9. The van der Waals surface area contributed by atoms with Gasteiger partial charge in [0.1, 0.15) is 6.04 Å². The molecule has 0 aliphatic carbocycles. The lowest BCUT2D eigenvalue weighted by Gasteiger charge is -2.13. The van der Waals surface area contributed by atoms with Crippen molar-refractivity contribution in [2.75, 3.05) is 5.75 Å². The minimum Gasteiger partial charge on any atom is -0.481 e. The largest absolute Gasteiger partial charge is 0.481 e. The lowest BCUT2D eigenvalue weighted by atomic mass is 10.2. The average molecular weight is 253 g/mol. The summed E-state index contributed by atoms with van der Waals surface area (Å²) in [6, 6.07) is -1.38. The summed E-state index contributed by atoms with van der Waals surface area (Å²) >= 11 is 0. The third kappa shape index (κ3) is 6.36. The van der Waals surface area contributed by atoms with E-state index in [1.807, 2.05) is 4.72 Å². The van der Waals surface area contributed by atoms with E-state index in [0.717, 1.165) is 0 Å². The molecule has 0 unspecified atom stereocenters. The van der Waals surface area contributed by atoms with Crippen molar-refractivity contribution in [2.24, 2.45) is 0 Å². The molecule has 0 aliphatic rings. The molecular formula is C8H15NO6S. The van der Waals surface area contributed by atoms with Crippen LogP contribution in [0.3, 0.4) is 0 Å². The number of carboxylic acids is 2. The second kappa shape index (κ2) is 6.44. The van der Waals surface area contributed by atoms with Gasteiger partial charge in [-0.3, -0.25) is 9.59 Å². The molecule has 7 nitrogen and oxygen atoms in total. The summed E-state index contributed by atoms with van der Waals surface area (Å²) in [5.74, 6) is -2.72. The quantitative estimate of drug-likeness (QED) is 0.543. The zero-order valence-corrected chi connectivity index (χ0v) is 9.66. The van der Waals surface area contributed by atoms with Crippen molar-refractivity contribution >= 4 is 22.0 Å². The van der Waals surface area contributed by atoms with Gasteiger partial charge in [0.15, 0.2) is 0 Å². The Morgan fingerprint density at radius 2 is 1.88 bits per heavy atom. The SMILES string of the molecule is CCCS(=O)(=O)N[C@@H](CCC(=O)O)C(=O)O. The Labute approximate surface area is 93.5 Å². The normalized spacial score (nSPS) is 13.3. The van der Waals surface area contributed by atoms with Crippen LogP contribution in [0.2, 0.25) is 0 Å². The molecule has 1 atom stereocenters. The van der Waals surface area contributed by atoms with E-state index in [1.54, 1.807) is 6.92 Å². The summed E-state index contributed by atoms with van der Waals surface area (Å²) in [7, 11) is -3.65. The predicted octanol–water partition coefficient (Wildman–Crippen LogP) is -0.366. The van der Waals surface area contributed by atoms with Crippen LogP contribution in [-0.4, -0.2) is 42.4 Å². The lowest BCUT2D eigenvalue weighted by Crippen LogP contribution is -2.42. The molecule has 0 saturated heterocycles. The van der Waals surface area contributed by atoms with E-state index in [9.17, 15) is 18.0 Å². The van der Waals surface area contributed by atoms with Crippen molar-refractivity contribution in [2.45, 2.75) is 32.2 Å². The summed E-state index contributed by atoms with van der Waals surface area (Å²) in [6.45, 7) is 1.65. The maximum atomic E-state index is 11.3. The van der Waals surface area contributed by atoms with Gasteiger partial charge < -0.3 is 10.2 Å². The van der Waals surface area contributed by atoms with E-state index in [-0.39, 0.29) is 12.2 Å². The number of hydrogen-bond acceptors (Lipinski definition) is 4. The van der Waals surface area contributed by atoms with Crippen LogP contribution < -0.4 is 4.72 Å². The van der Waals surface area contributed by atoms with Gasteiger partial charge in [0.2, 0.25) is 10.0 Å². The highest BCUT2D eigenvalue weighted by molar-refractivity contribution is 7.89. The molecule has 0 fully saturated rings. The van der Waals surface area contributed by atoms with Crippen molar-refractivity contribution < 1.29 is 28.2 Å². The highest BCUT2D eigenvalue weighted by Crippen LogP contribution is 2.01. The van der Waals surface area contributed by atoms with E-state index in [1.165, 1.54) is 0 Å². The molecule has 0 heterocycles. The molecule has 0 spiro atoms. The fraction of sp³-hybridized carbons (Fsp3) is 0.750. The van der Waals surface area contributed by atoms with Gasteiger partial charge in [0.25, 0.3) is 0 Å². The average Bonchev–Trinajstić information content (AvgIpc) is 2.11. The minimum atomic E-state index is -3.65. The number of nitrogens with one attached hydrogen (secondary N) is 1. The van der Waals surface area contributed by atoms with E-state index < -0.39 is 34.4 Å². The third-order valence-electron chi connectivity index (χ3n) is 1.74. The van der Waals surface area contributed by atoms with Gasteiger partial charge in [-0.25, -0.2) is 13.1 Å². The maximum Gasteiger partial charge on any atom is 0.321 e. The van der Waals surface area contributed by atoms with Gasteiger partial charge >= 0.3 is 11.9 Å². The molecule has 0 radical (unpaired) electrons. The van der Waals surface area contributed by atoms with Crippen LogP contribution in [0.4, 0.5) is 0 Å². The number of carbonyl (C=O) groups is 2. The Hall–Kier alpha value is -1.15. The van der Waals surface area contributed by atoms with Gasteiger partial charge in [-0.2, -0.15) is 0 Å². The second-order valence-electron chi connectivity index (χ2n) is 3.26. The lowest BCUT2D eigenvalue weighted by molar-refractivity contribution is -0.140. The Morgan fingerprint density at radius 3 is 2.25 bits per heavy atom. The number of hydrogen-bond donors (Lipinski definition) is 3. The van der Waals surface area contributed by atoms with Crippen molar-refractivity contribution in [1.82, 2.24) is 4.72 Å². The van der Waals surface area contributed by atoms with Crippen LogP contribution >= 0.6 is 0 Å². The molecule has 8 heteroatoms. The molecule has 0 aromatic rings. The predicted molar refractivity (Wildman–Crippen MR) is 55.5 cm³/mol. The third-order valence-corrected chi connectivity index (χ3v) is 3.33. The highest BCUT2D eigenvalue weighted by Gasteiger charge is 2.23. The van der Waals surface area contributed by atoms with Crippen molar-refractivity contribution in [3.8, 4) is 0 Å². The number of rotatable bonds is 8. The molecule has 0 rings (SSSR count). The van der Waals surface area contributed by atoms with Crippen LogP contribution in [-0.2, 0) is 19.6 Å². The van der Waals surface area contributed by atoms with Gasteiger partial charge in [-0.1, -0.05) is 6.92 Å². The molecule has 3 N–H and O–H groups in total. The molecule has 0 saturated carbocycles. The van der Waals surface area contributed by atoms with E-state index >= 15 is 0 Å². The van der Waals surface area contributed by atoms with E-state index in [2.05, 4.69) is 0 Å². The van der Waals surface area contributed by atoms with Crippen LogP contribution in [0.1, 0.15) is 26.2 Å². The van der Waals surface area contributed by atoms with Gasteiger partial charge in [0, 0.05) is 6.42 Å². The number of aliphatic carboxylic acids is 2. The minimum absolute atomic E-state index is 0.177. The standard InChI is InChI=1S/C8H15NO6S/c1-2-5-16(14,15)9-6(8(12)13)3-4-7(10)11/h6,9H,2-5H2,1H3,(H,10,11)(H,12,13)/t6-/m0/s1. The molecule has 0 amide bonds. The Morgan fingerprint density at radius 1 is 1.31 bits per heavy atom. The summed E-state index contributed by atoms with van der Waals surface area (Å²) < 4.78 is 24.5. The van der Waals surface area contributed by atoms with Crippen molar-refractivity contribution in [3.05, 3.63) is 0 Å². The fourth-order valence-electron chi connectivity index (χ4n) is 1.05. The van der Waals surface area contributed by atoms with Crippen molar-refractivity contribution in [3.63, 3.8) is 0 Å². The van der Waals surface area contributed by atoms with Crippen LogP contribution in [0.5, 0.6) is 0 Å². The molecule has 16 heavy (non-hydrogen) atoms. The number of sulfonamides is 1. The summed E-state index contributed by atoms with van der Waals surface area (Å²) in [5.41, 5.74) is 0. The molecule has 94 valence electrons. The zero-order chi connectivity index (χ0) is 12.8. The molecule has 0 aliphatic heterocycles. The highest BCUT2D eigenvalue weighted by atomic mass is 32.2. The van der Waals surface area contributed by atoms with Crippen LogP contribution in [0.25, 0.3) is 0 Å². The topological polar surface area (TPSA) is 121 Å². The van der Waals surface area contributed by atoms with Crippen LogP contribution in [0.15, 0.2) is 0 Å². The first-order valence-electron chi connectivity index (χ1n) is 4.73. The maximum absolute atomic E-state index is 11.3. The second-order valence-corrected chi connectivity index (χ2v) is 5.13. The summed E-state index contributed by atoms with van der Waals surface area (Å²) in [6.07, 6.45) is -0.306. The zero-order valence-electron chi connectivity index (χ0n) is 8.84. The summed E-state index contributed by atoms with van der Waals surface area (Å²) in [5, 5.41) is 17.1. The van der Waals surface area contributed by atoms with E-state index in [4.69, 9.17) is 10.2 Å². The van der Waals surface area contributed by atoms with Crippen molar-refractivity contribution in [1.29, 1.82) is 0 Å². The molecule has 0 aromatic heterocycles. The first-order chi connectivity index (χ1) is 7.28. The molecule has 0 aromatic carbocycles. The van der Waals surface area contributed by atoms with Gasteiger partial charge in [0.05, 0.1) is 5.75 Å². The van der Waals surface area contributed by atoms with E-state index in [0.29, 0.717) is 6.42 Å². The molecule has 0 bridgehead atoms. The monoisotopic (exact) mass is 253 g/mol. The Balaban J connectivity index is 4.45. The Kier molecular flexibility index (Phi) is 5.97. The Bertz CT molecular complexity index is 350. The van der Waals surface area contributed by atoms with Gasteiger partial charge in [-0.15, -0.1) is 0 Å². The molecular weight excluding hydrogens is 238 g/mol. The first kappa shape index (κ1) is 14.8. The smallest absolute Gasteiger partial charge is 0.321 e. The van der Waals surface area contributed by atoms with Gasteiger partial charge in [-0.05, 0) is 12.8 Å². The van der Waals surface area contributed by atoms with Crippen LogP contribution in [0, 0.1) is 0 Å². The first-order valence-corrected chi connectivity index (χ1v) is 6.38. The fourth-order valence-corrected chi connectivity index (χ4v) is 2.35. The number of carboxylic acid groups (broad SMARTS) is 2.